The van der Waals surface area contributed by atoms with Gasteiger partial charge in [-0.3, -0.25) is 4.79 Å². The maximum atomic E-state index is 11.0. The molecule has 2 rings (SSSR count). The quantitative estimate of drug-likeness (QED) is 0.904. The van der Waals surface area contributed by atoms with Crippen molar-refractivity contribution in [3.63, 3.8) is 0 Å². The van der Waals surface area contributed by atoms with E-state index in [1.165, 1.54) is 0 Å². The van der Waals surface area contributed by atoms with Crippen LogP contribution in [0.5, 0.6) is 5.75 Å². The highest BCUT2D eigenvalue weighted by Gasteiger charge is 2.25. The van der Waals surface area contributed by atoms with E-state index in [2.05, 4.69) is 26.1 Å². The third kappa shape index (κ3) is 3.36. The summed E-state index contributed by atoms with van der Waals surface area (Å²) in [6.07, 6.45) is -0.423. The SMILES string of the molecule is CC(C)C(Oc1ccc(Br)cc1)c1noc(C(N)=O)n1. The molecule has 7 heteroatoms. The fourth-order valence-corrected chi connectivity index (χ4v) is 1.86. The Labute approximate surface area is 124 Å². The number of carbonyl (C=O) groups excluding carboxylic acids is 1. The number of nitrogens with zero attached hydrogens (tertiary/aromatic N) is 2. The number of nitrogens with two attached hydrogens (primary N) is 1. The molecule has 1 heterocycles. The Kier molecular flexibility index (Phi) is 4.39. The van der Waals surface area contributed by atoms with Crippen LogP contribution in [-0.2, 0) is 0 Å². The average Bonchev–Trinajstić information content (AvgIpc) is 2.87. The van der Waals surface area contributed by atoms with Gasteiger partial charge in [0.25, 0.3) is 0 Å². The van der Waals surface area contributed by atoms with Crippen LogP contribution in [-0.4, -0.2) is 16.0 Å². The Bertz CT molecular complexity index is 595. The summed E-state index contributed by atoms with van der Waals surface area (Å²) in [5.74, 6) is 0.103. The first-order chi connectivity index (χ1) is 9.47. The Morgan fingerprint density at radius 3 is 2.50 bits per heavy atom. The zero-order valence-corrected chi connectivity index (χ0v) is 12.6. The molecule has 0 saturated carbocycles. The normalized spacial score (nSPS) is 12.4. The van der Waals surface area contributed by atoms with Gasteiger partial charge in [-0.25, -0.2) is 0 Å². The molecule has 2 aromatic rings. The molecule has 106 valence electrons. The lowest BCUT2D eigenvalue weighted by Gasteiger charge is -2.19. The molecule has 1 atom stereocenters. The fourth-order valence-electron chi connectivity index (χ4n) is 1.60. The van der Waals surface area contributed by atoms with Crippen molar-refractivity contribution in [1.29, 1.82) is 0 Å². The predicted octanol–water partition coefficient (Wildman–Crippen LogP) is 2.71. The van der Waals surface area contributed by atoms with Gasteiger partial charge in [-0.05, 0) is 30.2 Å². The molecule has 0 radical (unpaired) electrons. The van der Waals surface area contributed by atoms with Gasteiger partial charge in [0.1, 0.15) is 5.75 Å². The van der Waals surface area contributed by atoms with Gasteiger partial charge in [-0.1, -0.05) is 34.9 Å². The van der Waals surface area contributed by atoms with Gasteiger partial charge in [0.2, 0.25) is 5.82 Å². The molecule has 0 aliphatic heterocycles. The first-order valence-corrected chi connectivity index (χ1v) is 6.82. The number of carbonyl (C=O) groups is 1. The van der Waals surface area contributed by atoms with Gasteiger partial charge >= 0.3 is 11.8 Å². The number of ether oxygens (including phenoxy) is 1. The maximum absolute atomic E-state index is 11.0. The highest BCUT2D eigenvalue weighted by Crippen LogP contribution is 2.27. The topological polar surface area (TPSA) is 91.2 Å². The second kappa shape index (κ2) is 6.04. The largest absolute Gasteiger partial charge is 0.482 e. The van der Waals surface area contributed by atoms with Crippen LogP contribution in [0.1, 0.15) is 36.5 Å². The van der Waals surface area contributed by atoms with Gasteiger partial charge in [-0.15, -0.1) is 0 Å². The molecule has 0 aliphatic carbocycles. The summed E-state index contributed by atoms with van der Waals surface area (Å²) in [6, 6.07) is 7.40. The van der Waals surface area contributed by atoms with Crippen LogP contribution >= 0.6 is 15.9 Å². The summed E-state index contributed by atoms with van der Waals surface area (Å²) in [7, 11) is 0. The van der Waals surface area contributed by atoms with E-state index in [-0.39, 0.29) is 11.8 Å². The minimum atomic E-state index is -0.755. The molecular weight excluding hydrogens is 326 g/mol. The molecule has 0 bridgehead atoms. The molecule has 20 heavy (non-hydrogen) atoms. The lowest BCUT2D eigenvalue weighted by atomic mass is 10.1. The minimum Gasteiger partial charge on any atom is -0.482 e. The van der Waals surface area contributed by atoms with Crippen molar-refractivity contribution < 1.29 is 14.1 Å². The van der Waals surface area contributed by atoms with E-state index in [9.17, 15) is 4.79 Å². The average molecular weight is 340 g/mol. The van der Waals surface area contributed by atoms with Gasteiger partial charge in [0.05, 0.1) is 0 Å². The summed E-state index contributed by atoms with van der Waals surface area (Å²) in [5.41, 5.74) is 5.09. The number of rotatable bonds is 5. The third-order valence-electron chi connectivity index (χ3n) is 2.59. The van der Waals surface area contributed by atoms with Crippen molar-refractivity contribution in [2.24, 2.45) is 11.7 Å². The highest BCUT2D eigenvalue weighted by molar-refractivity contribution is 9.10. The lowest BCUT2D eigenvalue weighted by molar-refractivity contribution is 0.0958. The number of primary amides is 1. The van der Waals surface area contributed by atoms with E-state index < -0.39 is 12.0 Å². The molecule has 6 nitrogen and oxygen atoms in total. The maximum Gasteiger partial charge on any atom is 0.315 e. The standard InChI is InChI=1S/C13H14BrN3O3/c1-7(2)10(12-16-13(11(15)18)20-17-12)19-9-5-3-8(14)4-6-9/h3-7,10H,1-2H3,(H2,15,18). The molecule has 0 fully saturated rings. The lowest BCUT2D eigenvalue weighted by Crippen LogP contribution is -2.17. The summed E-state index contributed by atoms with van der Waals surface area (Å²) < 4.78 is 11.6. The molecular formula is C13H14BrN3O3. The fraction of sp³-hybridized carbons (Fsp3) is 0.308. The second-order valence-electron chi connectivity index (χ2n) is 4.56. The van der Waals surface area contributed by atoms with Crippen LogP contribution in [0.25, 0.3) is 0 Å². The third-order valence-corrected chi connectivity index (χ3v) is 3.12. The number of hydrogen-bond acceptors (Lipinski definition) is 5. The van der Waals surface area contributed by atoms with Crippen molar-refractivity contribution in [2.75, 3.05) is 0 Å². The number of halogens is 1. The van der Waals surface area contributed by atoms with E-state index in [0.29, 0.717) is 11.6 Å². The highest BCUT2D eigenvalue weighted by atomic mass is 79.9. The van der Waals surface area contributed by atoms with Crippen LogP contribution in [0.3, 0.4) is 0 Å². The Morgan fingerprint density at radius 1 is 1.35 bits per heavy atom. The molecule has 0 aliphatic rings. The molecule has 0 saturated heterocycles. The number of hydrogen-bond donors (Lipinski definition) is 1. The van der Waals surface area contributed by atoms with Gasteiger partial charge in [0, 0.05) is 4.47 Å². The van der Waals surface area contributed by atoms with Crippen LogP contribution < -0.4 is 10.5 Å². The Hall–Kier alpha value is -1.89. The van der Waals surface area contributed by atoms with E-state index in [0.717, 1.165) is 4.47 Å². The van der Waals surface area contributed by atoms with Gasteiger partial charge < -0.3 is 15.0 Å². The number of benzene rings is 1. The zero-order valence-electron chi connectivity index (χ0n) is 11.0. The predicted molar refractivity (Wildman–Crippen MR) is 75.2 cm³/mol. The summed E-state index contributed by atoms with van der Waals surface area (Å²) in [5, 5.41) is 3.75. The molecule has 1 aromatic carbocycles. The molecule has 1 amide bonds. The van der Waals surface area contributed by atoms with Crippen molar-refractivity contribution in [3.05, 3.63) is 40.5 Å². The van der Waals surface area contributed by atoms with Gasteiger partial charge in [-0.2, -0.15) is 4.98 Å². The van der Waals surface area contributed by atoms with Crippen molar-refractivity contribution >= 4 is 21.8 Å². The minimum absolute atomic E-state index is 0.0944. The zero-order chi connectivity index (χ0) is 14.7. The monoisotopic (exact) mass is 339 g/mol. The molecule has 1 aromatic heterocycles. The van der Waals surface area contributed by atoms with Crippen LogP contribution in [0.2, 0.25) is 0 Å². The van der Waals surface area contributed by atoms with Gasteiger partial charge in [0.15, 0.2) is 6.10 Å². The summed E-state index contributed by atoms with van der Waals surface area (Å²) in [6.45, 7) is 3.92. The molecule has 0 spiro atoms. The molecule has 2 N–H and O–H groups in total. The van der Waals surface area contributed by atoms with Crippen molar-refractivity contribution in [3.8, 4) is 5.75 Å². The Morgan fingerprint density at radius 2 is 2.00 bits per heavy atom. The first-order valence-electron chi connectivity index (χ1n) is 6.03. The van der Waals surface area contributed by atoms with Crippen molar-refractivity contribution in [1.82, 2.24) is 10.1 Å². The van der Waals surface area contributed by atoms with E-state index in [4.69, 9.17) is 15.0 Å². The van der Waals surface area contributed by atoms with Crippen LogP contribution in [0, 0.1) is 5.92 Å². The van der Waals surface area contributed by atoms with E-state index in [1.54, 1.807) is 0 Å². The van der Waals surface area contributed by atoms with Crippen LogP contribution in [0.15, 0.2) is 33.3 Å². The van der Waals surface area contributed by atoms with Crippen molar-refractivity contribution in [2.45, 2.75) is 20.0 Å². The summed E-state index contributed by atoms with van der Waals surface area (Å²) >= 11 is 3.36. The summed E-state index contributed by atoms with van der Waals surface area (Å²) in [4.78, 5) is 14.9. The number of aromatic nitrogens is 2. The van der Waals surface area contributed by atoms with E-state index in [1.807, 2.05) is 38.1 Å². The number of amides is 1. The Balaban J connectivity index is 2.22. The molecule has 1 unspecified atom stereocenters. The first kappa shape index (κ1) is 14.5. The smallest absolute Gasteiger partial charge is 0.315 e. The second-order valence-corrected chi connectivity index (χ2v) is 5.47. The van der Waals surface area contributed by atoms with Crippen LogP contribution in [0.4, 0.5) is 0 Å². The van der Waals surface area contributed by atoms with E-state index >= 15 is 0 Å².